The summed E-state index contributed by atoms with van der Waals surface area (Å²) in [5, 5.41) is 0. The summed E-state index contributed by atoms with van der Waals surface area (Å²) < 4.78 is 26.2. The van der Waals surface area contributed by atoms with Crippen molar-refractivity contribution in [1.29, 1.82) is 0 Å². The minimum Gasteiger partial charge on any atom is -0.463 e. The first kappa shape index (κ1) is 22.6. The molecule has 0 bridgehead atoms. The Balaban J connectivity index is 3.29. The number of hydrogen-bond donors (Lipinski definition) is 0. The number of rotatable bonds is 7. The molecule has 5 atom stereocenters. The first-order chi connectivity index (χ1) is 12.5. The number of ether oxygens (including phenoxy) is 5. The molecule has 0 spiro atoms. The van der Waals surface area contributed by atoms with Gasteiger partial charge in [0.15, 0.2) is 12.2 Å². The van der Waals surface area contributed by atoms with Crippen LogP contribution in [0.3, 0.4) is 0 Å². The van der Waals surface area contributed by atoms with Crippen molar-refractivity contribution in [3.05, 3.63) is 0 Å². The van der Waals surface area contributed by atoms with Crippen molar-refractivity contribution >= 4 is 29.7 Å². The van der Waals surface area contributed by atoms with Crippen LogP contribution >= 0.6 is 0 Å². The second-order valence-electron chi connectivity index (χ2n) is 6.17. The van der Waals surface area contributed by atoms with Crippen molar-refractivity contribution in [2.45, 2.75) is 65.6 Å². The second-order valence-corrected chi connectivity index (χ2v) is 6.17. The van der Waals surface area contributed by atoms with Gasteiger partial charge in [-0.05, 0) is 6.92 Å². The van der Waals surface area contributed by atoms with E-state index in [4.69, 9.17) is 23.7 Å². The van der Waals surface area contributed by atoms with Crippen LogP contribution in [-0.4, -0.2) is 60.9 Å². The Morgan fingerprint density at radius 1 is 0.741 bits per heavy atom. The van der Waals surface area contributed by atoms with Gasteiger partial charge in [0.1, 0.15) is 18.5 Å². The Morgan fingerprint density at radius 2 is 1.26 bits per heavy atom. The lowest BCUT2D eigenvalue weighted by Crippen LogP contribution is -2.59. The van der Waals surface area contributed by atoms with Gasteiger partial charge in [-0.25, -0.2) is 0 Å². The van der Waals surface area contributed by atoms with Gasteiger partial charge in [0.05, 0.1) is 5.92 Å². The smallest absolute Gasteiger partial charge is 0.304 e. The molecule has 152 valence electrons. The van der Waals surface area contributed by atoms with E-state index in [0.29, 0.717) is 0 Å². The first-order valence-electron chi connectivity index (χ1n) is 8.31. The highest BCUT2D eigenvalue weighted by molar-refractivity contribution is 5.76. The summed E-state index contributed by atoms with van der Waals surface area (Å²) in [6.07, 6.45) is -4.80. The third-order valence-electron chi connectivity index (χ3n) is 3.63. The molecule has 1 aliphatic heterocycles. The molecule has 1 aliphatic rings. The molecule has 0 aromatic rings. The van der Waals surface area contributed by atoms with Gasteiger partial charge < -0.3 is 28.5 Å². The third-order valence-corrected chi connectivity index (χ3v) is 3.63. The quantitative estimate of drug-likeness (QED) is 0.443. The van der Waals surface area contributed by atoms with E-state index in [-0.39, 0.29) is 18.8 Å². The number of hydrogen-bond acceptors (Lipinski definition) is 10. The molecular formula is C17H24O10. The monoisotopic (exact) mass is 388 g/mol. The standard InChI is InChI=1S/C17H24O10/c1-8(18)6-13-15(24-10(3)20)16(25-11(4)21)14(7-23-9(2)19)27-17(13)26-12(5)22/h13-17H,6-7H2,1-5H3/t13-,14-,15-,16+,17?/m1/s1. The lowest BCUT2D eigenvalue weighted by Gasteiger charge is -2.44. The van der Waals surface area contributed by atoms with Crippen molar-refractivity contribution in [1.82, 2.24) is 0 Å². The Bertz CT molecular complexity index is 599. The summed E-state index contributed by atoms with van der Waals surface area (Å²) in [5.41, 5.74) is 0. The molecule has 1 heterocycles. The zero-order chi connectivity index (χ0) is 20.7. The SMILES string of the molecule is CC(=O)C[C@H]1C(OC(C)=O)O[C@H](COC(C)=O)[C@H](OC(C)=O)[C@@H]1OC(C)=O. The van der Waals surface area contributed by atoms with Crippen molar-refractivity contribution in [3.8, 4) is 0 Å². The fourth-order valence-electron chi connectivity index (χ4n) is 2.80. The summed E-state index contributed by atoms with van der Waals surface area (Å²) in [6, 6.07) is 0. The number of esters is 4. The summed E-state index contributed by atoms with van der Waals surface area (Å²) in [4.78, 5) is 57.4. The highest BCUT2D eigenvalue weighted by Crippen LogP contribution is 2.34. The predicted molar refractivity (Wildman–Crippen MR) is 87.0 cm³/mol. The van der Waals surface area contributed by atoms with Crippen LogP contribution in [0.4, 0.5) is 0 Å². The van der Waals surface area contributed by atoms with Crippen LogP contribution in [0.5, 0.6) is 0 Å². The number of ketones is 1. The minimum atomic E-state index is -1.26. The number of Topliss-reactive ketones (excluding diaryl/α,β-unsaturated/α-hetero) is 1. The molecule has 0 amide bonds. The Morgan fingerprint density at radius 3 is 1.70 bits per heavy atom. The molecule has 0 radical (unpaired) electrons. The summed E-state index contributed by atoms with van der Waals surface area (Å²) in [5.74, 6) is -3.88. The van der Waals surface area contributed by atoms with Gasteiger partial charge >= 0.3 is 23.9 Å². The van der Waals surface area contributed by atoms with Gasteiger partial charge in [0.2, 0.25) is 6.29 Å². The Kier molecular flexibility index (Phi) is 8.35. The van der Waals surface area contributed by atoms with Crippen LogP contribution in [0.1, 0.15) is 41.0 Å². The van der Waals surface area contributed by atoms with Crippen molar-refractivity contribution < 1.29 is 47.7 Å². The van der Waals surface area contributed by atoms with E-state index in [9.17, 15) is 24.0 Å². The lowest BCUT2D eigenvalue weighted by atomic mass is 9.86. The fourth-order valence-corrected chi connectivity index (χ4v) is 2.80. The molecule has 1 unspecified atom stereocenters. The number of carbonyl (C=O) groups is 5. The van der Waals surface area contributed by atoms with Crippen LogP contribution in [-0.2, 0) is 47.7 Å². The largest absolute Gasteiger partial charge is 0.463 e. The minimum absolute atomic E-state index is 0.159. The first-order valence-corrected chi connectivity index (χ1v) is 8.31. The van der Waals surface area contributed by atoms with Crippen LogP contribution < -0.4 is 0 Å². The average molecular weight is 388 g/mol. The Labute approximate surface area is 156 Å². The van der Waals surface area contributed by atoms with E-state index in [1.165, 1.54) is 13.8 Å². The maximum absolute atomic E-state index is 11.7. The maximum atomic E-state index is 11.7. The average Bonchev–Trinajstić information content (AvgIpc) is 2.49. The van der Waals surface area contributed by atoms with E-state index in [1.54, 1.807) is 0 Å². The van der Waals surface area contributed by atoms with Crippen LogP contribution in [0.25, 0.3) is 0 Å². The zero-order valence-corrected chi connectivity index (χ0v) is 15.9. The third kappa shape index (κ3) is 7.33. The van der Waals surface area contributed by atoms with E-state index in [1.807, 2.05) is 0 Å². The highest BCUT2D eigenvalue weighted by atomic mass is 16.7. The number of carbonyl (C=O) groups excluding carboxylic acids is 5. The summed E-state index contributed by atoms with van der Waals surface area (Å²) in [6.45, 7) is 5.58. The highest BCUT2D eigenvalue weighted by Gasteiger charge is 2.51. The van der Waals surface area contributed by atoms with E-state index in [0.717, 1.165) is 20.8 Å². The molecule has 10 nitrogen and oxygen atoms in total. The molecule has 0 aromatic carbocycles. The van der Waals surface area contributed by atoms with E-state index in [2.05, 4.69) is 0 Å². The van der Waals surface area contributed by atoms with Crippen molar-refractivity contribution in [3.63, 3.8) is 0 Å². The van der Waals surface area contributed by atoms with Gasteiger partial charge in [-0.3, -0.25) is 19.2 Å². The topological polar surface area (TPSA) is 132 Å². The normalized spacial score (nSPS) is 27.2. The van der Waals surface area contributed by atoms with Crippen LogP contribution in [0.15, 0.2) is 0 Å². The molecule has 0 aliphatic carbocycles. The second kappa shape index (κ2) is 10.0. The molecule has 0 N–H and O–H groups in total. The molecular weight excluding hydrogens is 364 g/mol. The van der Waals surface area contributed by atoms with E-state index >= 15 is 0 Å². The fraction of sp³-hybridized carbons (Fsp3) is 0.706. The molecule has 1 saturated heterocycles. The summed E-state index contributed by atoms with van der Waals surface area (Å²) >= 11 is 0. The molecule has 0 saturated carbocycles. The maximum Gasteiger partial charge on any atom is 0.304 e. The van der Waals surface area contributed by atoms with Gasteiger partial charge in [0.25, 0.3) is 0 Å². The van der Waals surface area contributed by atoms with Gasteiger partial charge in [0, 0.05) is 34.1 Å². The predicted octanol–water partition coefficient (Wildman–Crippen LogP) is 0.296. The summed E-state index contributed by atoms with van der Waals surface area (Å²) in [7, 11) is 0. The molecule has 1 fully saturated rings. The van der Waals surface area contributed by atoms with Gasteiger partial charge in [-0.15, -0.1) is 0 Å². The Hall–Kier alpha value is -2.49. The van der Waals surface area contributed by atoms with Gasteiger partial charge in [-0.1, -0.05) is 0 Å². The lowest BCUT2D eigenvalue weighted by molar-refractivity contribution is -0.283. The van der Waals surface area contributed by atoms with E-state index < -0.39 is 54.4 Å². The van der Waals surface area contributed by atoms with Crippen molar-refractivity contribution in [2.24, 2.45) is 5.92 Å². The van der Waals surface area contributed by atoms with Gasteiger partial charge in [-0.2, -0.15) is 0 Å². The molecule has 10 heteroatoms. The van der Waals surface area contributed by atoms with Crippen molar-refractivity contribution in [2.75, 3.05) is 6.61 Å². The van der Waals surface area contributed by atoms with Crippen LogP contribution in [0.2, 0.25) is 0 Å². The molecule has 27 heavy (non-hydrogen) atoms. The molecule has 0 aromatic heterocycles. The molecule has 1 rings (SSSR count). The zero-order valence-electron chi connectivity index (χ0n) is 15.9. The van der Waals surface area contributed by atoms with Crippen LogP contribution in [0, 0.1) is 5.92 Å².